The third-order valence-corrected chi connectivity index (χ3v) is 4.06. The number of anilines is 1. The van der Waals surface area contributed by atoms with Crippen molar-refractivity contribution < 1.29 is 18.0 Å². The summed E-state index contributed by atoms with van der Waals surface area (Å²) in [7, 11) is 0. The Labute approximate surface area is 150 Å². The van der Waals surface area contributed by atoms with E-state index in [1.54, 1.807) is 22.8 Å². The molecule has 0 bridgehead atoms. The summed E-state index contributed by atoms with van der Waals surface area (Å²) in [6.07, 6.45) is -5.20. The summed E-state index contributed by atoms with van der Waals surface area (Å²) in [4.78, 5) is 20.0. The van der Waals surface area contributed by atoms with Gasteiger partial charge in [-0.3, -0.25) is 10.1 Å². The third-order valence-electron chi connectivity index (χ3n) is 4.06. The second kappa shape index (κ2) is 6.31. The molecule has 0 saturated heterocycles. The molecule has 1 N–H and O–H groups in total. The maximum absolute atomic E-state index is 13.0. The lowest BCUT2D eigenvalue weighted by molar-refractivity contribution is -0.213. The topological polar surface area (TPSA) is 51.3 Å². The van der Waals surface area contributed by atoms with E-state index in [9.17, 15) is 18.0 Å². The molecule has 1 amide bonds. The SMILES string of the molecule is [C-]#[N+]c1ccc2nc(NC(=O)CC(C)(C)C(F)(F)F)n(C(C)(C)C)c2c1. The first-order valence-corrected chi connectivity index (χ1v) is 8.03. The standard InChI is InChI=1S/C18H21F3N4O/c1-16(2,3)25-13-9-11(22-6)7-8-12(13)23-15(25)24-14(26)10-17(4,5)18(19,20)21/h7-9H,10H2,1-5H3,(H,23,24,26). The fourth-order valence-corrected chi connectivity index (χ4v) is 2.57. The van der Waals surface area contributed by atoms with Crippen molar-refractivity contribution in [1.82, 2.24) is 9.55 Å². The molecule has 0 fully saturated rings. The fourth-order valence-electron chi connectivity index (χ4n) is 2.57. The molecule has 0 aliphatic heterocycles. The van der Waals surface area contributed by atoms with E-state index in [0.717, 1.165) is 13.8 Å². The highest BCUT2D eigenvalue weighted by molar-refractivity contribution is 5.92. The van der Waals surface area contributed by atoms with E-state index in [1.807, 2.05) is 20.8 Å². The van der Waals surface area contributed by atoms with Gasteiger partial charge in [0.25, 0.3) is 0 Å². The largest absolute Gasteiger partial charge is 0.394 e. The maximum Gasteiger partial charge on any atom is 0.394 e. The summed E-state index contributed by atoms with van der Waals surface area (Å²) >= 11 is 0. The number of benzene rings is 1. The Kier molecular flexibility index (Phi) is 4.79. The molecule has 1 aromatic heterocycles. The summed E-state index contributed by atoms with van der Waals surface area (Å²) in [6.45, 7) is 14.8. The van der Waals surface area contributed by atoms with Crippen LogP contribution in [0.5, 0.6) is 0 Å². The summed E-state index contributed by atoms with van der Waals surface area (Å²) in [5.74, 6) is -0.601. The zero-order valence-corrected chi connectivity index (χ0v) is 15.3. The van der Waals surface area contributed by atoms with E-state index in [4.69, 9.17) is 6.57 Å². The van der Waals surface area contributed by atoms with Gasteiger partial charge in [0.15, 0.2) is 5.69 Å². The minimum absolute atomic E-state index is 0.164. The monoisotopic (exact) mass is 366 g/mol. The van der Waals surface area contributed by atoms with Crippen LogP contribution in [0.2, 0.25) is 0 Å². The average molecular weight is 366 g/mol. The predicted molar refractivity (Wildman–Crippen MR) is 94.1 cm³/mol. The van der Waals surface area contributed by atoms with Crippen LogP contribution < -0.4 is 5.32 Å². The zero-order valence-electron chi connectivity index (χ0n) is 15.3. The van der Waals surface area contributed by atoms with Gasteiger partial charge in [0.05, 0.1) is 23.0 Å². The van der Waals surface area contributed by atoms with Crippen LogP contribution in [0.1, 0.15) is 41.0 Å². The van der Waals surface area contributed by atoms with Gasteiger partial charge in [0, 0.05) is 12.0 Å². The van der Waals surface area contributed by atoms with Gasteiger partial charge in [-0.1, -0.05) is 19.9 Å². The summed E-state index contributed by atoms with van der Waals surface area (Å²) in [5.41, 5.74) is -1.04. The Morgan fingerprint density at radius 3 is 2.35 bits per heavy atom. The van der Waals surface area contributed by atoms with Crippen molar-refractivity contribution in [3.63, 3.8) is 0 Å². The van der Waals surface area contributed by atoms with Crippen molar-refractivity contribution in [3.8, 4) is 0 Å². The van der Waals surface area contributed by atoms with Crippen molar-refractivity contribution in [3.05, 3.63) is 29.6 Å². The molecule has 2 aromatic rings. The first-order valence-electron chi connectivity index (χ1n) is 8.03. The lowest BCUT2D eigenvalue weighted by Gasteiger charge is -2.28. The normalized spacial score (nSPS) is 12.9. The predicted octanol–water partition coefficient (Wildman–Crippen LogP) is 5.26. The van der Waals surface area contributed by atoms with Gasteiger partial charge in [-0.25, -0.2) is 9.83 Å². The van der Waals surface area contributed by atoms with Crippen molar-refractivity contribution in [1.29, 1.82) is 0 Å². The number of nitrogens with zero attached hydrogens (tertiary/aromatic N) is 3. The molecule has 1 aromatic carbocycles. The molecular weight excluding hydrogens is 345 g/mol. The smallest absolute Gasteiger partial charge is 0.306 e. The fraction of sp³-hybridized carbons (Fsp3) is 0.500. The number of aromatic nitrogens is 2. The number of nitrogens with one attached hydrogen (secondary N) is 1. The number of hydrogen-bond donors (Lipinski definition) is 1. The molecule has 26 heavy (non-hydrogen) atoms. The highest BCUT2D eigenvalue weighted by atomic mass is 19.4. The first-order chi connectivity index (χ1) is 11.8. The molecule has 0 atom stereocenters. The number of carbonyl (C=O) groups is 1. The van der Waals surface area contributed by atoms with Gasteiger partial charge in [0.2, 0.25) is 11.9 Å². The van der Waals surface area contributed by atoms with Crippen LogP contribution in [-0.4, -0.2) is 21.6 Å². The molecule has 1 heterocycles. The van der Waals surface area contributed by atoms with Gasteiger partial charge < -0.3 is 4.57 Å². The number of hydrogen-bond acceptors (Lipinski definition) is 2. The molecule has 5 nitrogen and oxygen atoms in total. The van der Waals surface area contributed by atoms with Crippen molar-refractivity contribution in [2.45, 2.75) is 52.8 Å². The maximum atomic E-state index is 13.0. The van der Waals surface area contributed by atoms with Gasteiger partial charge in [-0.2, -0.15) is 13.2 Å². The third kappa shape index (κ3) is 3.82. The molecular formula is C18H21F3N4O. The van der Waals surface area contributed by atoms with E-state index in [2.05, 4.69) is 15.1 Å². The number of amides is 1. The molecule has 0 spiro atoms. The van der Waals surface area contributed by atoms with Crippen LogP contribution in [0, 0.1) is 12.0 Å². The van der Waals surface area contributed by atoms with Crippen LogP contribution in [0.3, 0.4) is 0 Å². The van der Waals surface area contributed by atoms with Crippen LogP contribution in [0.25, 0.3) is 15.9 Å². The number of halogens is 3. The lowest BCUT2D eigenvalue weighted by atomic mass is 9.88. The van der Waals surface area contributed by atoms with E-state index in [0.29, 0.717) is 16.7 Å². The molecule has 140 valence electrons. The second-order valence-corrected chi connectivity index (χ2v) is 7.83. The Morgan fingerprint density at radius 2 is 1.85 bits per heavy atom. The summed E-state index contributed by atoms with van der Waals surface area (Å²) in [5, 5.41) is 2.51. The van der Waals surface area contributed by atoms with Crippen LogP contribution in [0.4, 0.5) is 24.8 Å². The number of alkyl halides is 3. The number of carbonyl (C=O) groups excluding carboxylic acids is 1. The molecule has 2 rings (SSSR count). The average Bonchev–Trinajstić information content (AvgIpc) is 2.81. The molecule has 8 heteroatoms. The van der Waals surface area contributed by atoms with E-state index >= 15 is 0 Å². The molecule has 0 aliphatic carbocycles. The Bertz CT molecular complexity index is 883. The zero-order chi connectivity index (χ0) is 19.9. The Balaban J connectivity index is 2.44. The minimum Gasteiger partial charge on any atom is -0.306 e. The van der Waals surface area contributed by atoms with Crippen molar-refractivity contribution >= 4 is 28.6 Å². The van der Waals surface area contributed by atoms with E-state index < -0.39 is 29.5 Å². The first kappa shape index (κ1) is 19.8. The summed E-state index contributed by atoms with van der Waals surface area (Å²) in [6, 6.07) is 4.91. The molecule has 0 radical (unpaired) electrons. The summed E-state index contributed by atoms with van der Waals surface area (Å²) < 4.78 is 40.8. The Morgan fingerprint density at radius 1 is 1.23 bits per heavy atom. The molecule has 0 unspecified atom stereocenters. The second-order valence-electron chi connectivity index (χ2n) is 7.83. The van der Waals surface area contributed by atoms with Crippen LogP contribution >= 0.6 is 0 Å². The van der Waals surface area contributed by atoms with Crippen LogP contribution in [-0.2, 0) is 10.3 Å². The van der Waals surface area contributed by atoms with E-state index in [1.165, 1.54) is 0 Å². The van der Waals surface area contributed by atoms with Crippen LogP contribution in [0.15, 0.2) is 18.2 Å². The van der Waals surface area contributed by atoms with Gasteiger partial charge in [-0.05, 0) is 32.9 Å². The quantitative estimate of drug-likeness (QED) is 0.754. The molecule has 0 aliphatic rings. The van der Waals surface area contributed by atoms with Crippen molar-refractivity contribution in [2.24, 2.45) is 5.41 Å². The molecule has 0 saturated carbocycles. The Hall–Kier alpha value is -2.56. The lowest BCUT2D eigenvalue weighted by Crippen LogP contribution is -2.36. The minimum atomic E-state index is -4.49. The number of imidazole rings is 1. The van der Waals surface area contributed by atoms with E-state index in [-0.39, 0.29) is 5.95 Å². The number of rotatable bonds is 3. The number of fused-ring (bicyclic) bond motifs is 1. The van der Waals surface area contributed by atoms with Crippen molar-refractivity contribution in [2.75, 3.05) is 5.32 Å². The highest BCUT2D eigenvalue weighted by Gasteiger charge is 2.48. The van der Waals surface area contributed by atoms with Gasteiger partial charge in [-0.15, -0.1) is 0 Å². The van der Waals surface area contributed by atoms with Gasteiger partial charge >= 0.3 is 6.18 Å². The van der Waals surface area contributed by atoms with Gasteiger partial charge in [0.1, 0.15) is 0 Å². The highest BCUT2D eigenvalue weighted by Crippen LogP contribution is 2.40.